The molecule has 2 heterocycles. The Balaban J connectivity index is 1.79. The molecule has 2 aromatic rings. The summed E-state index contributed by atoms with van der Waals surface area (Å²) in [5, 5.41) is 9.22. The van der Waals surface area contributed by atoms with Gasteiger partial charge in [0.25, 0.3) is 0 Å². The van der Waals surface area contributed by atoms with Crippen molar-refractivity contribution >= 4 is 29.4 Å². The Kier molecular flexibility index (Phi) is 5.43. The van der Waals surface area contributed by atoms with Crippen LogP contribution in [-0.4, -0.2) is 53.9 Å². The first-order valence-corrected chi connectivity index (χ1v) is 8.29. The molecular weight excluding hydrogens is 370 g/mol. The van der Waals surface area contributed by atoms with Crippen LogP contribution in [0.15, 0.2) is 18.5 Å². The van der Waals surface area contributed by atoms with Crippen LogP contribution in [0.1, 0.15) is 16.8 Å². The number of fused-ring (bicyclic) bond motifs is 1. The molecule has 1 aromatic heterocycles. The van der Waals surface area contributed by atoms with Crippen molar-refractivity contribution in [3.8, 4) is 11.5 Å². The Labute approximate surface area is 160 Å². The van der Waals surface area contributed by atoms with E-state index < -0.39 is 17.8 Å². The van der Waals surface area contributed by atoms with E-state index in [4.69, 9.17) is 14.2 Å². The van der Waals surface area contributed by atoms with Crippen LogP contribution in [0.4, 0.5) is 11.6 Å². The van der Waals surface area contributed by atoms with Gasteiger partial charge in [0, 0.05) is 18.6 Å². The van der Waals surface area contributed by atoms with Crippen molar-refractivity contribution in [2.45, 2.75) is 13.0 Å². The number of amides is 2. The van der Waals surface area contributed by atoms with Crippen molar-refractivity contribution < 1.29 is 28.6 Å². The van der Waals surface area contributed by atoms with E-state index in [1.54, 1.807) is 0 Å². The van der Waals surface area contributed by atoms with Crippen LogP contribution >= 0.6 is 0 Å². The van der Waals surface area contributed by atoms with Crippen molar-refractivity contribution in [3.05, 3.63) is 24.0 Å². The second kappa shape index (κ2) is 7.94. The molecule has 0 spiro atoms. The van der Waals surface area contributed by atoms with Crippen LogP contribution in [0.3, 0.4) is 0 Å². The van der Waals surface area contributed by atoms with E-state index in [2.05, 4.69) is 20.7 Å². The van der Waals surface area contributed by atoms with Gasteiger partial charge in [0.15, 0.2) is 11.5 Å². The van der Waals surface area contributed by atoms with Gasteiger partial charge in [-0.25, -0.2) is 9.48 Å². The highest BCUT2D eigenvalue weighted by atomic mass is 16.5. The van der Waals surface area contributed by atoms with Crippen LogP contribution in [0, 0.1) is 5.92 Å². The smallest absolute Gasteiger partial charge is 0.340 e. The minimum absolute atomic E-state index is 0.0974. The molecule has 1 atom stereocenters. The number of nitrogens with one attached hydrogen (secondary N) is 2. The van der Waals surface area contributed by atoms with Crippen LogP contribution in [0.2, 0.25) is 0 Å². The largest absolute Gasteiger partial charge is 0.493 e. The molecule has 0 fully saturated rings. The van der Waals surface area contributed by atoms with Gasteiger partial charge >= 0.3 is 5.97 Å². The molecule has 28 heavy (non-hydrogen) atoms. The second-order valence-corrected chi connectivity index (χ2v) is 5.95. The molecule has 0 unspecified atom stereocenters. The lowest BCUT2D eigenvalue weighted by molar-refractivity contribution is -0.126. The fourth-order valence-electron chi connectivity index (χ4n) is 2.84. The third-order valence-corrected chi connectivity index (χ3v) is 4.25. The van der Waals surface area contributed by atoms with Crippen molar-refractivity contribution in [2.24, 2.45) is 5.92 Å². The second-order valence-electron chi connectivity index (χ2n) is 5.95. The molecule has 0 bridgehead atoms. The van der Waals surface area contributed by atoms with Gasteiger partial charge in [0.05, 0.1) is 45.0 Å². The minimum Gasteiger partial charge on any atom is -0.493 e. The summed E-state index contributed by atoms with van der Waals surface area (Å²) in [6, 6.07) is 2.87. The number of carbonyl (C=O) groups excluding carboxylic acids is 3. The number of hydrogen-bond donors (Lipinski definition) is 2. The molecule has 1 aliphatic heterocycles. The number of carbonyl (C=O) groups is 3. The predicted octanol–water partition coefficient (Wildman–Crippen LogP) is 0.679. The standard InChI is InChI=1S/C17H19N5O6/c1-26-12-5-10(16(25)28-3)11(6-13(12)27-2)20-14(23)4-9-7-22-17(18-8-19-22)21-15(9)24/h5-6,8-9H,4,7H2,1-3H3,(H,20,23)(H,18,19,21,24)/t9-/m1/s1. The van der Waals surface area contributed by atoms with E-state index in [1.807, 2.05) is 0 Å². The van der Waals surface area contributed by atoms with Crippen LogP contribution in [0.25, 0.3) is 0 Å². The molecule has 3 rings (SSSR count). The predicted molar refractivity (Wildman–Crippen MR) is 96.3 cm³/mol. The van der Waals surface area contributed by atoms with E-state index >= 15 is 0 Å². The molecule has 148 valence electrons. The average Bonchev–Trinajstić information content (AvgIpc) is 3.14. The summed E-state index contributed by atoms with van der Waals surface area (Å²) in [6.07, 6.45) is 1.21. The maximum absolute atomic E-state index is 12.5. The molecule has 0 saturated carbocycles. The maximum atomic E-state index is 12.5. The third-order valence-electron chi connectivity index (χ3n) is 4.25. The SMILES string of the molecule is COC(=O)c1cc(OC)c(OC)cc1NC(=O)C[C@@H]1Cn2ncnc2NC1=O. The van der Waals surface area contributed by atoms with Crippen molar-refractivity contribution in [2.75, 3.05) is 32.0 Å². The van der Waals surface area contributed by atoms with Gasteiger partial charge in [-0.3, -0.25) is 14.9 Å². The normalized spacial score (nSPS) is 15.2. The Morgan fingerprint density at radius 3 is 2.64 bits per heavy atom. The molecule has 2 amide bonds. The fraction of sp³-hybridized carbons (Fsp3) is 0.353. The fourth-order valence-corrected chi connectivity index (χ4v) is 2.84. The Morgan fingerprint density at radius 2 is 1.96 bits per heavy atom. The van der Waals surface area contributed by atoms with Crippen molar-refractivity contribution in [1.29, 1.82) is 0 Å². The van der Waals surface area contributed by atoms with E-state index in [0.717, 1.165) is 0 Å². The summed E-state index contributed by atoms with van der Waals surface area (Å²) in [7, 11) is 4.09. The first kappa shape index (κ1) is 19.1. The molecule has 0 aliphatic carbocycles. The maximum Gasteiger partial charge on any atom is 0.340 e. The number of nitrogens with zero attached hydrogens (tertiary/aromatic N) is 3. The molecule has 11 heteroatoms. The average molecular weight is 389 g/mol. The van der Waals surface area contributed by atoms with Crippen molar-refractivity contribution in [1.82, 2.24) is 14.8 Å². The van der Waals surface area contributed by atoms with E-state index in [1.165, 1.54) is 44.5 Å². The monoisotopic (exact) mass is 389 g/mol. The van der Waals surface area contributed by atoms with Gasteiger partial charge < -0.3 is 19.5 Å². The van der Waals surface area contributed by atoms with Crippen molar-refractivity contribution in [3.63, 3.8) is 0 Å². The number of anilines is 2. The van der Waals surface area contributed by atoms with Gasteiger partial charge in [-0.15, -0.1) is 0 Å². The lowest BCUT2D eigenvalue weighted by Crippen LogP contribution is -2.36. The first-order chi connectivity index (χ1) is 13.5. The van der Waals surface area contributed by atoms with Crippen LogP contribution in [-0.2, 0) is 20.9 Å². The molecule has 0 saturated heterocycles. The number of benzene rings is 1. The Morgan fingerprint density at radius 1 is 1.25 bits per heavy atom. The number of rotatable bonds is 6. The molecule has 2 N–H and O–H groups in total. The summed E-state index contributed by atoms with van der Waals surface area (Å²) < 4.78 is 16.7. The molecule has 11 nitrogen and oxygen atoms in total. The third kappa shape index (κ3) is 3.72. The molecule has 0 radical (unpaired) electrons. The summed E-state index contributed by atoms with van der Waals surface area (Å²) in [5.41, 5.74) is 0.285. The zero-order valence-electron chi connectivity index (χ0n) is 15.5. The summed E-state index contributed by atoms with van der Waals surface area (Å²) in [5.74, 6) is -1.08. The Hall–Kier alpha value is -3.63. The lowest BCUT2D eigenvalue weighted by atomic mass is 10.0. The summed E-state index contributed by atoms with van der Waals surface area (Å²) in [6.45, 7) is 0.227. The zero-order chi connectivity index (χ0) is 20.3. The van der Waals surface area contributed by atoms with Crippen LogP contribution < -0.4 is 20.1 Å². The van der Waals surface area contributed by atoms with E-state index in [-0.39, 0.29) is 30.1 Å². The number of ether oxygens (including phenoxy) is 3. The highest BCUT2D eigenvalue weighted by molar-refractivity contribution is 6.03. The van der Waals surface area contributed by atoms with E-state index in [0.29, 0.717) is 17.4 Å². The number of hydrogen-bond acceptors (Lipinski definition) is 8. The lowest BCUT2D eigenvalue weighted by Gasteiger charge is -2.22. The van der Waals surface area contributed by atoms with Gasteiger partial charge in [-0.05, 0) is 0 Å². The summed E-state index contributed by atoms with van der Waals surface area (Å²) in [4.78, 5) is 40.7. The first-order valence-electron chi connectivity index (χ1n) is 8.29. The molecule has 1 aromatic carbocycles. The van der Waals surface area contributed by atoms with Gasteiger partial charge in [0.2, 0.25) is 17.8 Å². The number of esters is 1. The zero-order valence-corrected chi connectivity index (χ0v) is 15.5. The highest BCUT2D eigenvalue weighted by Gasteiger charge is 2.30. The number of methoxy groups -OCH3 is 3. The highest BCUT2D eigenvalue weighted by Crippen LogP contribution is 2.34. The van der Waals surface area contributed by atoms with E-state index in [9.17, 15) is 14.4 Å². The van der Waals surface area contributed by atoms with Gasteiger partial charge in [-0.2, -0.15) is 10.1 Å². The summed E-state index contributed by atoms with van der Waals surface area (Å²) >= 11 is 0. The molecular formula is C17H19N5O6. The van der Waals surface area contributed by atoms with Gasteiger partial charge in [-0.1, -0.05) is 0 Å². The van der Waals surface area contributed by atoms with Gasteiger partial charge in [0.1, 0.15) is 6.33 Å². The Bertz CT molecular complexity index is 925. The topological polar surface area (TPSA) is 134 Å². The quantitative estimate of drug-likeness (QED) is 0.689. The minimum atomic E-state index is -0.654. The van der Waals surface area contributed by atoms with Crippen LogP contribution in [0.5, 0.6) is 11.5 Å². The molecule has 1 aliphatic rings. The number of aromatic nitrogens is 3.